The molecule has 0 heterocycles. The van der Waals surface area contributed by atoms with Gasteiger partial charge in [0.25, 0.3) is 0 Å². The second kappa shape index (κ2) is 5.32. The first-order valence-corrected chi connectivity index (χ1v) is 4.83. The SMILES string of the molecule is CC(=O)c1cc(F)ccc1OCC(F)(F)C(F)F. The molecule has 100 valence electrons. The summed E-state index contributed by atoms with van der Waals surface area (Å²) in [4.78, 5) is 11.1. The van der Waals surface area contributed by atoms with Crippen molar-refractivity contribution in [1.29, 1.82) is 0 Å². The molecule has 1 aromatic carbocycles. The zero-order chi connectivity index (χ0) is 13.9. The summed E-state index contributed by atoms with van der Waals surface area (Å²) >= 11 is 0. The van der Waals surface area contributed by atoms with Gasteiger partial charge in [0.1, 0.15) is 11.6 Å². The quantitative estimate of drug-likeness (QED) is 0.605. The maximum Gasteiger partial charge on any atom is 0.340 e. The van der Waals surface area contributed by atoms with E-state index < -0.39 is 30.6 Å². The van der Waals surface area contributed by atoms with Crippen molar-refractivity contribution >= 4 is 5.78 Å². The van der Waals surface area contributed by atoms with Crippen LogP contribution in [0.4, 0.5) is 22.0 Å². The van der Waals surface area contributed by atoms with Gasteiger partial charge in [0.2, 0.25) is 0 Å². The summed E-state index contributed by atoms with van der Waals surface area (Å²) in [5.74, 6) is -6.06. The van der Waals surface area contributed by atoms with Crippen molar-refractivity contribution in [2.75, 3.05) is 6.61 Å². The van der Waals surface area contributed by atoms with Gasteiger partial charge in [-0.3, -0.25) is 4.79 Å². The van der Waals surface area contributed by atoms with Gasteiger partial charge in [-0.1, -0.05) is 0 Å². The van der Waals surface area contributed by atoms with E-state index in [1.54, 1.807) is 0 Å². The van der Waals surface area contributed by atoms with Crippen LogP contribution in [-0.4, -0.2) is 24.7 Å². The Bertz CT molecular complexity index is 445. The highest BCUT2D eigenvalue weighted by atomic mass is 19.3. The Balaban J connectivity index is 2.89. The molecule has 0 N–H and O–H groups in total. The van der Waals surface area contributed by atoms with Crippen molar-refractivity contribution in [1.82, 2.24) is 0 Å². The van der Waals surface area contributed by atoms with Crippen LogP contribution in [-0.2, 0) is 0 Å². The molecule has 0 aliphatic heterocycles. The molecule has 0 radical (unpaired) electrons. The van der Waals surface area contributed by atoms with Crippen LogP contribution >= 0.6 is 0 Å². The van der Waals surface area contributed by atoms with E-state index in [1.807, 2.05) is 0 Å². The lowest BCUT2D eigenvalue weighted by Crippen LogP contribution is -2.34. The Hall–Kier alpha value is -1.66. The number of rotatable bonds is 5. The van der Waals surface area contributed by atoms with Gasteiger partial charge in [0.15, 0.2) is 12.4 Å². The first-order valence-electron chi connectivity index (χ1n) is 4.83. The van der Waals surface area contributed by atoms with E-state index in [0.717, 1.165) is 25.1 Å². The normalized spacial score (nSPS) is 11.7. The Morgan fingerprint density at radius 1 is 1.39 bits per heavy atom. The molecule has 7 heteroatoms. The number of carbonyl (C=O) groups excluding carboxylic acids is 1. The zero-order valence-corrected chi connectivity index (χ0v) is 9.22. The Morgan fingerprint density at radius 2 is 2.00 bits per heavy atom. The largest absolute Gasteiger partial charge is 0.486 e. The Labute approximate surface area is 99.4 Å². The minimum Gasteiger partial charge on any atom is -0.486 e. The van der Waals surface area contributed by atoms with Gasteiger partial charge < -0.3 is 4.74 Å². The molecule has 1 rings (SSSR count). The van der Waals surface area contributed by atoms with Crippen molar-refractivity contribution in [2.45, 2.75) is 19.3 Å². The van der Waals surface area contributed by atoms with Gasteiger partial charge in [-0.05, 0) is 25.1 Å². The van der Waals surface area contributed by atoms with Crippen molar-refractivity contribution in [2.24, 2.45) is 0 Å². The predicted molar refractivity (Wildman–Crippen MR) is 52.9 cm³/mol. The number of Topliss-reactive ketones (excluding diaryl/α,β-unsaturated/α-hetero) is 1. The summed E-state index contributed by atoms with van der Waals surface area (Å²) in [5.41, 5.74) is -0.278. The van der Waals surface area contributed by atoms with E-state index >= 15 is 0 Å². The van der Waals surface area contributed by atoms with Crippen LogP contribution in [0, 0.1) is 5.82 Å². The minimum atomic E-state index is -4.33. The summed E-state index contributed by atoms with van der Waals surface area (Å²) in [6, 6.07) is 2.61. The molecule has 0 aliphatic carbocycles. The summed E-state index contributed by atoms with van der Waals surface area (Å²) in [5, 5.41) is 0. The van der Waals surface area contributed by atoms with Crippen LogP contribution in [0.2, 0.25) is 0 Å². The molecular formula is C11H9F5O2. The molecule has 2 nitrogen and oxygen atoms in total. The third-order valence-electron chi connectivity index (χ3n) is 2.06. The number of ketones is 1. The van der Waals surface area contributed by atoms with Crippen LogP contribution in [0.3, 0.4) is 0 Å². The lowest BCUT2D eigenvalue weighted by molar-refractivity contribution is -0.148. The maximum absolute atomic E-state index is 12.8. The molecule has 0 amide bonds. The van der Waals surface area contributed by atoms with Crippen LogP contribution in [0.5, 0.6) is 5.75 Å². The molecule has 0 saturated carbocycles. The van der Waals surface area contributed by atoms with Gasteiger partial charge in [-0.15, -0.1) is 0 Å². The molecule has 18 heavy (non-hydrogen) atoms. The number of halogens is 5. The van der Waals surface area contributed by atoms with Crippen LogP contribution in [0.25, 0.3) is 0 Å². The summed E-state index contributed by atoms with van der Waals surface area (Å²) in [6.45, 7) is -0.510. The van der Waals surface area contributed by atoms with Gasteiger partial charge >= 0.3 is 12.3 Å². The van der Waals surface area contributed by atoms with Crippen molar-refractivity contribution in [3.8, 4) is 5.75 Å². The van der Waals surface area contributed by atoms with Crippen LogP contribution < -0.4 is 4.74 Å². The van der Waals surface area contributed by atoms with Crippen molar-refractivity contribution in [3.05, 3.63) is 29.6 Å². The maximum atomic E-state index is 12.8. The van der Waals surface area contributed by atoms with Gasteiger partial charge in [-0.25, -0.2) is 13.2 Å². The highest BCUT2D eigenvalue weighted by Crippen LogP contribution is 2.26. The van der Waals surface area contributed by atoms with Gasteiger partial charge in [0, 0.05) is 0 Å². The number of carbonyl (C=O) groups is 1. The molecule has 1 aromatic rings. The third-order valence-corrected chi connectivity index (χ3v) is 2.06. The van der Waals surface area contributed by atoms with E-state index in [2.05, 4.69) is 4.74 Å². The third kappa shape index (κ3) is 3.41. The summed E-state index contributed by atoms with van der Waals surface area (Å²) in [7, 11) is 0. The topological polar surface area (TPSA) is 26.3 Å². The molecule has 0 fully saturated rings. The van der Waals surface area contributed by atoms with E-state index in [4.69, 9.17) is 0 Å². The second-order valence-corrected chi connectivity index (χ2v) is 3.55. The average Bonchev–Trinajstić information content (AvgIpc) is 2.27. The number of alkyl halides is 4. The molecular weight excluding hydrogens is 259 g/mol. The molecule has 0 saturated heterocycles. The average molecular weight is 268 g/mol. The number of ether oxygens (including phenoxy) is 1. The highest BCUT2D eigenvalue weighted by Gasteiger charge is 2.41. The fourth-order valence-corrected chi connectivity index (χ4v) is 1.14. The van der Waals surface area contributed by atoms with Crippen molar-refractivity contribution in [3.63, 3.8) is 0 Å². The minimum absolute atomic E-state index is 0.278. The smallest absolute Gasteiger partial charge is 0.340 e. The first-order chi connectivity index (χ1) is 8.24. The molecule has 0 bridgehead atoms. The van der Waals surface area contributed by atoms with E-state index in [9.17, 15) is 26.7 Å². The second-order valence-electron chi connectivity index (χ2n) is 3.55. The Kier molecular flexibility index (Phi) is 4.26. The van der Waals surface area contributed by atoms with E-state index in [-0.39, 0.29) is 11.3 Å². The monoisotopic (exact) mass is 268 g/mol. The molecule has 0 atom stereocenters. The summed E-state index contributed by atoms with van der Waals surface area (Å²) < 4.78 is 66.3. The van der Waals surface area contributed by atoms with Gasteiger partial charge in [0.05, 0.1) is 5.56 Å². The summed E-state index contributed by atoms with van der Waals surface area (Å²) in [6.07, 6.45) is -3.88. The first kappa shape index (κ1) is 14.4. The highest BCUT2D eigenvalue weighted by molar-refractivity contribution is 5.96. The molecule has 0 spiro atoms. The molecule has 0 aliphatic rings. The number of hydrogen-bond donors (Lipinski definition) is 0. The van der Waals surface area contributed by atoms with Crippen LogP contribution in [0.1, 0.15) is 17.3 Å². The zero-order valence-electron chi connectivity index (χ0n) is 9.22. The lowest BCUT2D eigenvalue weighted by Gasteiger charge is -2.17. The Morgan fingerprint density at radius 3 is 2.50 bits per heavy atom. The standard InChI is InChI=1S/C11H9F5O2/c1-6(17)8-4-7(12)2-3-9(8)18-5-11(15,16)10(13)14/h2-4,10H,5H2,1H3. The van der Waals surface area contributed by atoms with Crippen molar-refractivity contribution < 1.29 is 31.5 Å². The molecule has 0 unspecified atom stereocenters. The fourth-order valence-electron chi connectivity index (χ4n) is 1.14. The molecule has 0 aromatic heterocycles. The number of hydrogen-bond acceptors (Lipinski definition) is 2. The van der Waals surface area contributed by atoms with E-state index in [0.29, 0.717) is 0 Å². The van der Waals surface area contributed by atoms with Crippen LogP contribution in [0.15, 0.2) is 18.2 Å². The fraction of sp³-hybridized carbons (Fsp3) is 0.364. The van der Waals surface area contributed by atoms with Gasteiger partial charge in [-0.2, -0.15) is 8.78 Å². The lowest BCUT2D eigenvalue weighted by atomic mass is 10.1. The van der Waals surface area contributed by atoms with E-state index in [1.165, 1.54) is 0 Å². The number of benzene rings is 1. The predicted octanol–water partition coefficient (Wildman–Crippen LogP) is 3.31.